The SMILES string of the molecule is CC(C)(C)c1cc2cc(c1)c1ccccc1c1cccc(-c3ccccc3)c1n1[cH-]n(c3[c-]c(ccc3)oc3[c-]c4c(cc3)c3cc(C(C)(C)C)ccc3n4c3cc(C(C)(C)C)cc2n3)-c2ccccc2-1.[Pt]. The molecule has 360 valence electrons. The van der Waals surface area contributed by atoms with Crippen LogP contribution in [0.4, 0.5) is 0 Å². The molecule has 0 spiro atoms. The van der Waals surface area contributed by atoms with Crippen molar-refractivity contribution in [2.24, 2.45) is 0 Å². The van der Waals surface area contributed by atoms with Gasteiger partial charge in [-0.2, -0.15) is 24.3 Å². The summed E-state index contributed by atoms with van der Waals surface area (Å²) in [6, 6.07) is 71.3. The maximum absolute atomic E-state index is 6.83. The molecule has 0 N–H and O–H groups in total. The Hall–Kier alpha value is -7.33. The largest absolute Gasteiger partial charge is 0.510 e. The second-order valence-corrected chi connectivity index (χ2v) is 22.3. The summed E-state index contributed by atoms with van der Waals surface area (Å²) in [5.74, 6) is 0. The van der Waals surface area contributed by atoms with Crippen molar-refractivity contribution in [2.75, 3.05) is 0 Å². The number of nitrogens with zero attached hydrogens (tertiary/aromatic N) is 4. The van der Waals surface area contributed by atoms with Crippen LogP contribution in [0.1, 0.15) is 79.0 Å². The first-order valence-corrected chi connectivity index (χ1v) is 24.8. The van der Waals surface area contributed by atoms with E-state index in [4.69, 9.17) is 9.40 Å². The molecule has 72 heavy (non-hydrogen) atoms. The molecule has 0 atom stereocenters. The van der Waals surface area contributed by atoms with E-state index in [2.05, 4.69) is 252 Å². The molecule has 0 radical (unpaired) electrons. The van der Waals surface area contributed by atoms with Crippen molar-refractivity contribution in [1.29, 1.82) is 0 Å². The summed E-state index contributed by atoms with van der Waals surface area (Å²) in [6.07, 6.45) is 2.21. The van der Waals surface area contributed by atoms with E-state index < -0.39 is 0 Å². The van der Waals surface area contributed by atoms with Crippen LogP contribution in [0.5, 0.6) is 0 Å². The summed E-state index contributed by atoms with van der Waals surface area (Å²) in [5.41, 5.74) is 14.5. The predicted octanol–water partition coefficient (Wildman–Crippen LogP) is 17.7. The van der Waals surface area contributed by atoms with Crippen molar-refractivity contribution in [3.63, 3.8) is 0 Å². The maximum Gasteiger partial charge on any atom is 0.136 e. The number of pyridine rings is 1. The minimum absolute atomic E-state index is 0. The molecule has 1 aliphatic heterocycles. The first kappa shape index (κ1) is 47.0. The minimum Gasteiger partial charge on any atom is -0.510 e. The number of fused-ring (bicyclic) bond motifs is 23. The predicted molar refractivity (Wildman–Crippen MR) is 299 cm³/mol. The van der Waals surface area contributed by atoms with Crippen LogP contribution < -0.4 is 0 Å². The molecule has 5 nitrogen and oxygen atoms in total. The number of hydrogen-bond acceptors (Lipinski definition) is 2. The summed E-state index contributed by atoms with van der Waals surface area (Å²) < 4.78 is 13.7. The van der Waals surface area contributed by atoms with Crippen LogP contribution in [-0.4, -0.2) is 18.5 Å². The van der Waals surface area contributed by atoms with Gasteiger partial charge in [0.05, 0.1) is 5.52 Å². The average molecular weight is 1120 g/mol. The molecule has 4 heterocycles. The van der Waals surface area contributed by atoms with E-state index in [1.807, 2.05) is 18.2 Å². The van der Waals surface area contributed by atoms with Gasteiger partial charge < -0.3 is 18.0 Å². The van der Waals surface area contributed by atoms with Crippen LogP contribution in [0.2, 0.25) is 0 Å². The van der Waals surface area contributed by atoms with Gasteiger partial charge in [-0.05, 0) is 118 Å². The van der Waals surface area contributed by atoms with Gasteiger partial charge in [0.25, 0.3) is 0 Å². The molecule has 3 aromatic heterocycles. The Bertz CT molecular complexity index is 4230. The zero-order chi connectivity index (χ0) is 49.0. The molecule has 0 saturated carbocycles. The summed E-state index contributed by atoms with van der Waals surface area (Å²) in [5, 5.41) is 7.84. The molecular formula is C66H57N4OPt-3. The fourth-order valence-corrected chi connectivity index (χ4v) is 10.3. The van der Waals surface area contributed by atoms with Gasteiger partial charge in [-0.25, -0.2) is 4.98 Å². The van der Waals surface area contributed by atoms with Gasteiger partial charge in [0, 0.05) is 49.5 Å². The van der Waals surface area contributed by atoms with Gasteiger partial charge in [0.15, 0.2) is 0 Å². The monoisotopic (exact) mass is 1120 g/mol. The van der Waals surface area contributed by atoms with Crippen molar-refractivity contribution < 1.29 is 25.5 Å². The maximum atomic E-state index is 6.83. The quantitative estimate of drug-likeness (QED) is 0.154. The molecule has 0 saturated heterocycles. The first-order valence-electron chi connectivity index (χ1n) is 24.8. The minimum atomic E-state index is -0.187. The van der Waals surface area contributed by atoms with Crippen molar-refractivity contribution in [3.05, 3.63) is 211 Å². The van der Waals surface area contributed by atoms with Crippen LogP contribution in [0.15, 0.2) is 187 Å². The molecule has 0 aliphatic carbocycles. The number of para-hydroxylation sites is 3. The second-order valence-electron chi connectivity index (χ2n) is 22.3. The third-order valence-corrected chi connectivity index (χ3v) is 14.3. The smallest absolute Gasteiger partial charge is 0.136 e. The van der Waals surface area contributed by atoms with E-state index in [-0.39, 0.29) is 37.3 Å². The van der Waals surface area contributed by atoms with Crippen molar-refractivity contribution in [3.8, 4) is 22.5 Å². The molecule has 0 fully saturated rings. The number of imidazole rings is 1. The average Bonchev–Trinajstić information content (AvgIpc) is 3.91. The van der Waals surface area contributed by atoms with Crippen molar-refractivity contribution in [2.45, 2.75) is 78.6 Å². The van der Waals surface area contributed by atoms with Crippen LogP contribution in [-0.2, 0) is 37.3 Å². The molecule has 10 bridgehead atoms. The standard InChI is InChI=1S/C66H57N4O.Pt/c1-64(2,3)45-29-32-58-56(36-45)54-31-30-50-40-61(54)70(58)62-38-47(66(7,8)9)37-57(67-62)44-33-43(34-46(35-44)65(4,5)6)51-23-13-14-24-53(51)55-26-18-25-52(42-19-11-10-12-20-42)63(55)69-41-68(59-27-15-16-28-60(59)69)48-21-17-22-49(39-48)71-50;/h10-38,41H,1-9H3;/q-3;. The summed E-state index contributed by atoms with van der Waals surface area (Å²) in [7, 11) is 0. The number of rotatable bonds is 1. The number of benzene rings is 8. The third-order valence-electron chi connectivity index (χ3n) is 14.3. The Morgan fingerprint density at radius 1 is 0.472 bits per heavy atom. The molecular weight excluding hydrogens is 1060 g/mol. The van der Waals surface area contributed by atoms with E-state index in [9.17, 15) is 0 Å². The Morgan fingerprint density at radius 2 is 1.11 bits per heavy atom. The van der Waals surface area contributed by atoms with Crippen LogP contribution >= 0.6 is 0 Å². The molecule has 11 aromatic rings. The Labute approximate surface area is 435 Å². The van der Waals surface area contributed by atoms with Crippen LogP contribution in [0.25, 0.3) is 105 Å². The Balaban J connectivity index is 0.00000560. The normalized spacial score (nSPS) is 12.4. The fraction of sp³-hybridized carbons (Fsp3) is 0.182. The summed E-state index contributed by atoms with van der Waals surface area (Å²) in [4.78, 5) is 5.70. The van der Waals surface area contributed by atoms with E-state index in [0.717, 1.165) is 93.4 Å². The van der Waals surface area contributed by atoms with Gasteiger partial charge in [-0.3, -0.25) is 0 Å². The van der Waals surface area contributed by atoms with E-state index >= 15 is 0 Å². The second kappa shape index (κ2) is 17.5. The van der Waals surface area contributed by atoms with Gasteiger partial charge in [0.2, 0.25) is 0 Å². The van der Waals surface area contributed by atoms with E-state index in [0.29, 0.717) is 11.2 Å². The van der Waals surface area contributed by atoms with E-state index in [1.54, 1.807) is 0 Å². The molecule has 6 heteroatoms. The molecule has 0 amide bonds. The van der Waals surface area contributed by atoms with Crippen LogP contribution in [0.3, 0.4) is 0 Å². The zero-order valence-corrected chi connectivity index (χ0v) is 44.6. The fourth-order valence-electron chi connectivity index (χ4n) is 10.3. The topological polar surface area (TPSA) is 40.3 Å². The van der Waals surface area contributed by atoms with Crippen molar-refractivity contribution in [1.82, 2.24) is 18.5 Å². The van der Waals surface area contributed by atoms with Gasteiger partial charge in [0.1, 0.15) is 5.65 Å². The zero-order valence-electron chi connectivity index (χ0n) is 42.3. The molecule has 12 rings (SSSR count). The number of aromatic nitrogens is 4. The Morgan fingerprint density at radius 3 is 1.86 bits per heavy atom. The molecule has 0 unspecified atom stereocenters. The van der Waals surface area contributed by atoms with Gasteiger partial charge >= 0.3 is 0 Å². The van der Waals surface area contributed by atoms with Gasteiger partial charge in [-0.15, -0.1) is 29.1 Å². The summed E-state index contributed by atoms with van der Waals surface area (Å²) in [6.45, 7) is 20.6. The van der Waals surface area contributed by atoms with Crippen LogP contribution in [0, 0.1) is 12.1 Å². The van der Waals surface area contributed by atoms with Crippen molar-refractivity contribution >= 4 is 82.1 Å². The Kier molecular flexibility index (Phi) is 11.4. The van der Waals surface area contributed by atoms with Gasteiger partial charge in [-0.1, -0.05) is 183 Å². The third kappa shape index (κ3) is 8.18. The number of hydrogen-bond donors (Lipinski definition) is 0. The first-order chi connectivity index (χ1) is 34.1. The molecule has 8 aromatic carbocycles. The van der Waals surface area contributed by atoms with E-state index in [1.165, 1.54) is 16.7 Å². The summed E-state index contributed by atoms with van der Waals surface area (Å²) >= 11 is 0. The molecule has 1 aliphatic rings.